The Kier molecular flexibility index (Phi) is 5.89. The van der Waals surface area contributed by atoms with Gasteiger partial charge in [0.25, 0.3) is 0 Å². The molecule has 0 spiro atoms. The number of nitrogens with zero attached hydrogens (tertiary/aromatic N) is 4. The van der Waals surface area contributed by atoms with Crippen LogP contribution in [0.1, 0.15) is 16.8 Å². The lowest BCUT2D eigenvalue weighted by molar-refractivity contribution is -0.592. The number of nitrogens with two attached hydrogens (primary N) is 2. The first kappa shape index (κ1) is 20.6. The van der Waals surface area contributed by atoms with Crippen molar-refractivity contribution < 1.29 is 5.32 Å². The lowest BCUT2D eigenvalue weighted by atomic mass is 10.1. The molecule has 0 aliphatic heterocycles. The van der Waals surface area contributed by atoms with Crippen molar-refractivity contribution in [3.05, 3.63) is 70.6 Å². The lowest BCUT2D eigenvalue weighted by Gasteiger charge is -2.12. The molecule has 7 nitrogen and oxygen atoms in total. The Morgan fingerprint density at radius 3 is 2.70 bits per heavy atom. The summed E-state index contributed by atoms with van der Waals surface area (Å²) in [6.07, 6.45) is 1.40. The number of hydrogen-bond donors (Lipinski definition) is 3. The third-order valence-corrected chi connectivity index (χ3v) is 5.58. The maximum absolute atomic E-state index is 8.00. The molecule has 4 rings (SSSR count). The average Bonchev–Trinajstić information content (AvgIpc) is 2.72. The van der Waals surface area contributed by atoms with Crippen molar-refractivity contribution in [3.8, 4) is 11.3 Å². The van der Waals surface area contributed by atoms with Crippen LogP contribution in [0.3, 0.4) is 0 Å². The van der Waals surface area contributed by atoms with Gasteiger partial charge in [-0.1, -0.05) is 41.9 Å². The van der Waals surface area contributed by atoms with Crippen molar-refractivity contribution in [2.24, 2.45) is 0 Å². The number of aryl methyl sites for hydroxylation is 1. The van der Waals surface area contributed by atoms with Gasteiger partial charge in [0.2, 0.25) is 5.82 Å². The summed E-state index contributed by atoms with van der Waals surface area (Å²) >= 11 is 8.39. The fraction of sp³-hybridized carbons (Fsp3) is 0.0952. The molecule has 2 aromatic carbocycles. The molecule has 0 aliphatic carbocycles. The highest BCUT2D eigenvalue weighted by molar-refractivity contribution is 14.1. The summed E-state index contributed by atoms with van der Waals surface area (Å²) in [6, 6.07) is 13.5. The van der Waals surface area contributed by atoms with Gasteiger partial charge in [-0.15, -0.1) is 0 Å². The van der Waals surface area contributed by atoms with E-state index in [0.29, 0.717) is 22.9 Å². The predicted octanol–water partition coefficient (Wildman–Crippen LogP) is 3.79. The summed E-state index contributed by atoms with van der Waals surface area (Å²) in [5.74, 6) is 0.875. The Balaban J connectivity index is 1.83. The number of quaternary nitrogens is 1. The second-order valence-corrected chi connectivity index (χ2v) is 8.17. The van der Waals surface area contributed by atoms with Crippen molar-refractivity contribution in [1.82, 2.24) is 19.9 Å². The minimum Gasteiger partial charge on any atom is -0.383 e. The van der Waals surface area contributed by atoms with Crippen molar-refractivity contribution in [2.75, 3.05) is 5.73 Å². The molecule has 0 bridgehead atoms. The van der Waals surface area contributed by atoms with Crippen LogP contribution in [0.25, 0.3) is 22.3 Å². The first-order valence-electron chi connectivity index (χ1n) is 9.15. The Bertz CT molecular complexity index is 1280. The van der Waals surface area contributed by atoms with Gasteiger partial charge in [0.15, 0.2) is 0 Å². The predicted molar refractivity (Wildman–Crippen MR) is 127 cm³/mol. The van der Waals surface area contributed by atoms with Gasteiger partial charge in [-0.2, -0.15) is 4.98 Å². The normalized spacial score (nSPS) is 11.0. The fourth-order valence-corrected chi connectivity index (χ4v) is 4.03. The molecule has 0 aliphatic rings. The summed E-state index contributed by atoms with van der Waals surface area (Å²) in [6.45, 7) is 2.46. The van der Waals surface area contributed by atoms with Crippen LogP contribution in [0.4, 0.5) is 11.6 Å². The van der Waals surface area contributed by atoms with Crippen LogP contribution >= 0.6 is 34.2 Å². The zero-order valence-corrected chi connectivity index (χ0v) is 18.9. The number of benzene rings is 2. The van der Waals surface area contributed by atoms with E-state index in [4.69, 9.17) is 32.7 Å². The smallest absolute Gasteiger partial charge is 0.239 e. The van der Waals surface area contributed by atoms with Crippen molar-refractivity contribution in [1.29, 1.82) is 5.41 Å². The molecule has 0 fully saturated rings. The summed E-state index contributed by atoms with van der Waals surface area (Å²) < 4.78 is 0.281. The van der Waals surface area contributed by atoms with Crippen molar-refractivity contribution in [2.45, 2.75) is 13.5 Å². The Hall–Kier alpha value is -2.69. The van der Waals surface area contributed by atoms with Gasteiger partial charge < -0.3 is 5.73 Å². The molecule has 0 radical (unpaired) electrons. The zero-order chi connectivity index (χ0) is 21.3. The Morgan fingerprint density at radius 1 is 1.13 bits per heavy atom. The molecule has 0 saturated heterocycles. The molecule has 4 aromatic rings. The van der Waals surface area contributed by atoms with E-state index in [-0.39, 0.29) is 9.54 Å². The maximum Gasteiger partial charge on any atom is 0.239 e. The molecule has 0 atom stereocenters. The number of fused-ring (bicyclic) bond motifs is 1. The number of halogens is 2. The highest BCUT2D eigenvalue weighted by Crippen LogP contribution is 2.30. The van der Waals surface area contributed by atoms with E-state index in [9.17, 15) is 0 Å². The van der Waals surface area contributed by atoms with Crippen LogP contribution in [0.2, 0.25) is 5.02 Å². The second kappa shape index (κ2) is 8.58. The largest absolute Gasteiger partial charge is 0.383 e. The minimum atomic E-state index is 0.280. The van der Waals surface area contributed by atoms with E-state index in [1.807, 2.05) is 77.3 Å². The van der Waals surface area contributed by atoms with Gasteiger partial charge in [0, 0.05) is 5.56 Å². The Labute approximate surface area is 191 Å². The van der Waals surface area contributed by atoms with E-state index >= 15 is 0 Å². The van der Waals surface area contributed by atoms with Crippen LogP contribution in [-0.2, 0) is 6.54 Å². The highest BCUT2D eigenvalue weighted by atomic mass is 127. The van der Waals surface area contributed by atoms with Crippen LogP contribution in [0.15, 0.2) is 48.8 Å². The number of nitrogen functional groups attached to an aromatic ring is 1. The highest BCUT2D eigenvalue weighted by Gasteiger charge is 2.20. The summed E-state index contributed by atoms with van der Waals surface area (Å²) in [7, 11) is 0. The van der Waals surface area contributed by atoms with Crippen LogP contribution in [0.5, 0.6) is 0 Å². The van der Waals surface area contributed by atoms with Gasteiger partial charge in [-0.05, 0) is 47.2 Å². The third-order valence-electron chi connectivity index (χ3n) is 4.71. The number of rotatable bonds is 5. The quantitative estimate of drug-likeness (QED) is 0.268. The molecule has 0 saturated carbocycles. The van der Waals surface area contributed by atoms with Crippen LogP contribution < -0.4 is 11.1 Å². The topological polar surface area (TPSA) is 118 Å². The molecule has 30 heavy (non-hydrogen) atoms. The van der Waals surface area contributed by atoms with E-state index in [1.54, 1.807) is 0 Å². The minimum absolute atomic E-state index is 0.280. The monoisotopic (exact) mass is 530 g/mol. The third kappa shape index (κ3) is 3.98. The van der Waals surface area contributed by atoms with Crippen LogP contribution in [0, 0.1) is 12.3 Å². The van der Waals surface area contributed by atoms with E-state index in [0.717, 1.165) is 33.5 Å². The average molecular weight is 531 g/mol. The molecule has 5 N–H and O–H groups in total. The molecule has 0 unspecified atom stereocenters. The van der Waals surface area contributed by atoms with Crippen molar-refractivity contribution in [3.63, 3.8) is 0 Å². The number of anilines is 1. The zero-order valence-electron chi connectivity index (χ0n) is 16.0. The Morgan fingerprint density at radius 2 is 1.93 bits per heavy atom. The lowest BCUT2D eigenvalue weighted by Crippen LogP contribution is -2.77. The van der Waals surface area contributed by atoms with Gasteiger partial charge in [0.1, 0.15) is 33.7 Å². The first-order valence-corrected chi connectivity index (χ1v) is 10.6. The summed E-state index contributed by atoms with van der Waals surface area (Å²) in [5.41, 5.74) is 11.5. The summed E-state index contributed by atoms with van der Waals surface area (Å²) in [4.78, 5) is 18.1. The van der Waals surface area contributed by atoms with E-state index in [1.165, 1.54) is 6.33 Å². The molecule has 9 heteroatoms. The number of nitrogens with one attached hydrogen (secondary N) is 1. The van der Waals surface area contributed by atoms with Gasteiger partial charge >= 0.3 is 0 Å². The standard InChI is InChI=1S/C21H17ClIN7/c1-11-5-4-8-14-17(11)30-18(12-6-2-3-7-13(12)22)15(29-14)9-26-21-16(19(23)24)20(25)27-10-28-21/h2-8,10,24H,9H2,1H3,(H3,25,26,27,28)/p+1. The maximum atomic E-state index is 8.00. The van der Waals surface area contributed by atoms with E-state index in [2.05, 4.69) is 9.97 Å². The molecular weight excluding hydrogens is 513 g/mol. The first-order chi connectivity index (χ1) is 14.5. The van der Waals surface area contributed by atoms with Gasteiger partial charge in [-0.25, -0.2) is 15.0 Å². The van der Waals surface area contributed by atoms with E-state index < -0.39 is 0 Å². The number of para-hydroxylation sites is 1. The SMILES string of the molecule is Cc1cccc2nc(C[NH2+]c3ncnc(N)c3C(=N)I)c(-c3ccccc3Cl)nc12. The van der Waals surface area contributed by atoms with Gasteiger partial charge in [0.05, 0.1) is 21.7 Å². The molecule has 150 valence electrons. The summed E-state index contributed by atoms with van der Waals surface area (Å²) in [5, 5.41) is 10.5. The van der Waals surface area contributed by atoms with Crippen molar-refractivity contribution >= 4 is 60.6 Å². The second-order valence-electron chi connectivity index (χ2n) is 6.68. The van der Waals surface area contributed by atoms with Crippen LogP contribution in [-0.4, -0.2) is 23.7 Å². The van der Waals surface area contributed by atoms with Gasteiger partial charge in [-0.3, -0.25) is 10.7 Å². The fourth-order valence-electron chi connectivity index (χ4n) is 3.25. The molecule has 2 aromatic heterocycles. The molecular formula is C21H18ClIN7+. The number of hydrogen-bond acceptors (Lipinski definition) is 6. The number of aromatic nitrogens is 4. The molecule has 2 heterocycles. The molecule has 0 amide bonds.